The number of carbonyl (C=O) groups excluding carboxylic acids is 1. The fourth-order valence-corrected chi connectivity index (χ4v) is 1.02. The van der Waals surface area contributed by atoms with Crippen LogP contribution in [0, 0.1) is 0 Å². The molecule has 0 aliphatic rings. The lowest BCUT2D eigenvalue weighted by Crippen LogP contribution is -2.49. The average Bonchev–Trinajstić information content (AvgIpc) is 2.22. The van der Waals surface area contributed by atoms with E-state index >= 15 is 0 Å². The molecule has 15 heavy (non-hydrogen) atoms. The molecule has 0 bridgehead atoms. The molecule has 0 saturated carbocycles. The number of nitrogens with zero attached hydrogens (tertiary/aromatic N) is 1. The molecule has 5 nitrogen and oxygen atoms in total. The van der Waals surface area contributed by atoms with Crippen molar-refractivity contribution in [3.05, 3.63) is 12.7 Å². The molecule has 0 aromatic carbocycles. The first kappa shape index (κ1) is 13.6. The van der Waals surface area contributed by atoms with Gasteiger partial charge in [0.05, 0.1) is 6.04 Å². The Hall–Kier alpha value is -1.36. The van der Waals surface area contributed by atoms with Crippen LogP contribution >= 0.6 is 0 Å². The zero-order chi connectivity index (χ0) is 12.0. The molecule has 0 heterocycles. The van der Waals surface area contributed by atoms with Gasteiger partial charge in [-0.25, -0.2) is 0 Å². The normalized spacial score (nSPS) is 14.4. The Morgan fingerprint density at radius 2 is 2.00 bits per heavy atom. The van der Waals surface area contributed by atoms with Crippen molar-refractivity contribution in [1.29, 1.82) is 0 Å². The van der Waals surface area contributed by atoms with Crippen molar-refractivity contribution in [2.45, 2.75) is 25.9 Å². The summed E-state index contributed by atoms with van der Waals surface area (Å²) >= 11 is 0. The molecule has 0 rings (SSSR count). The fourth-order valence-electron chi connectivity index (χ4n) is 1.02. The van der Waals surface area contributed by atoms with Crippen LogP contribution < -0.4 is 5.32 Å². The summed E-state index contributed by atoms with van der Waals surface area (Å²) in [6.45, 7) is 7.07. The largest absolute Gasteiger partial charge is 0.480 e. The van der Waals surface area contributed by atoms with Crippen LogP contribution in [0.2, 0.25) is 0 Å². The number of carbonyl (C=O) groups is 2. The van der Waals surface area contributed by atoms with Crippen molar-refractivity contribution >= 4 is 11.9 Å². The van der Waals surface area contributed by atoms with E-state index in [1.807, 2.05) is 0 Å². The Morgan fingerprint density at radius 3 is 2.40 bits per heavy atom. The predicted molar refractivity (Wildman–Crippen MR) is 57.5 cm³/mol. The number of hydrogen-bond acceptors (Lipinski definition) is 3. The smallest absolute Gasteiger partial charge is 0.320 e. The maximum Gasteiger partial charge on any atom is 0.320 e. The highest BCUT2D eigenvalue weighted by Gasteiger charge is 2.25. The second kappa shape index (κ2) is 6.19. The van der Waals surface area contributed by atoms with Gasteiger partial charge in [-0.3, -0.25) is 14.5 Å². The Kier molecular flexibility index (Phi) is 5.62. The second-order valence-corrected chi connectivity index (χ2v) is 3.39. The van der Waals surface area contributed by atoms with E-state index in [4.69, 9.17) is 5.11 Å². The molecule has 0 aromatic rings. The van der Waals surface area contributed by atoms with Crippen molar-refractivity contribution < 1.29 is 14.7 Å². The molecule has 86 valence electrons. The Balaban J connectivity index is 4.29. The molecule has 0 spiro atoms. The van der Waals surface area contributed by atoms with Gasteiger partial charge in [0, 0.05) is 6.54 Å². The monoisotopic (exact) mass is 214 g/mol. The number of hydrogen-bond donors (Lipinski definition) is 2. The molecule has 0 aromatic heterocycles. The van der Waals surface area contributed by atoms with Crippen molar-refractivity contribution in [2.24, 2.45) is 0 Å². The highest BCUT2D eigenvalue weighted by Crippen LogP contribution is 2.02. The van der Waals surface area contributed by atoms with Crippen LogP contribution in [0.15, 0.2) is 12.7 Å². The van der Waals surface area contributed by atoms with E-state index < -0.39 is 18.1 Å². The van der Waals surface area contributed by atoms with Crippen molar-refractivity contribution in [3.8, 4) is 0 Å². The Labute approximate surface area is 89.8 Å². The number of carboxylic acid groups (broad SMARTS) is 1. The minimum absolute atomic E-state index is 0.203. The summed E-state index contributed by atoms with van der Waals surface area (Å²) in [5, 5.41) is 11.4. The average molecular weight is 214 g/mol. The summed E-state index contributed by atoms with van der Waals surface area (Å²) in [7, 11) is 1.61. The van der Waals surface area contributed by atoms with Gasteiger partial charge in [0.1, 0.15) is 6.04 Å². The van der Waals surface area contributed by atoms with E-state index in [0.717, 1.165) is 0 Å². The number of carboxylic acids is 1. The van der Waals surface area contributed by atoms with Crippen LogP contribution in [0.5, 0.6) is 0 Å². The summed E-state index contributed by atoms with van der Waals surface area (Å²) < 4.78 is 0. The molecular weight excluding hydrogens is 196 g/mol. The first-order valence-corrected chi connectivity index (χ1v) is 4.75. The first-order chi connectivity index (χ1) is 6.91. The summed E-state index contributed by atoms with van der Waals surface area (Å²) in [5.74, 6) is -1.15. The van der Waals surface area contributed by atoms with Gasteiger partial charge in [0.25, 0.3) is 0 Å². The van der Waals surface area contributed by atoms with E-state index in [2.05, 4.69) is 11.9 Å². The Bertz CT molecular complexity index is 253. The number of rotatable bonds is 6. The molecule has 0 aliphatic heterocycles. The third kappa shape index (κ3) is 4.12. The van der Waals surface area contributed by atoms with E-state index in [1.165, 1.54) is 4.90 Å². The third-order valence-electron chi connectivity index (χ3n) is 2.38. The van der Waals surface area contributed by atoms with Gasteiger partial charge in [-0.05, 0) is 20.9 Å². The molecule has 0 fully saturated rings. The molecule has 2 unspecified atom stereocenters. The van der Waals surface area contributed by atoms with Crippen LogP contribution in [-0.4, -0.2) is 47.6 Å². The van der Waals surface area contributed by atoms with Crippen LogP contribution in [0.4, 0.5) is 0 Å². The van der Waals surface area contributed by atoms with Gasteiger partial charge in [-0.2, -0.15) is 0 Å². The lowest BCUT2D eigenvalue weighted by Gasteiger charge is -2.26. The van der Waals surface area contributed by atoms with E-state index in [1.54, 1.807) is 27.0 Å². The number of aliphatic carboxylic acids is 1. The Morgan fingerprint density at radius 1 is 1.47 bits per heavy atom. The highest BCUT2D eigenvalue weighted by atomic mass is 16.4. The summed E-state index contributed by atoms with van der Waals surface area (Å²) in [6, 6.07) is -1.16. The van der Waals surface area contributed by atoms with E-state index in [0.29, 0.717) is 6.54 Å². The van der Waals surface area contributed by atoms with Crippen LogP contribution in [0.1, 0.15) is 13.8 Å². The molecule has 2 atom stereocenters. The van der Waals surface area contributed by atoms with Crippen molar-refractivity contribution in [2.75, 3.05) is 13.6 Å². The topological polar surface area (TPSA) is 69.6 Å². The van der Waals surface area contributed by atoms with Crippen molar-refractivity contribution in [3.63, 3.8) is 0 Å². The summed E-state index contributed by atoms with van der Waals surface area (Å²) in [4.78, 5) is 23.7. The fraction of sp³-hybridized carbons (Fsp3) is 0.600. The lowest BCUT2D eigenvalue weighted by atomic mass is 10.2. The molecule has 1 amide bonds. The molecule has 0 aliphatic carbocycles. The first-order valence-electron chi connectivity index (χ1n) is 4.75. The van der Waals surface area contributed by atoms with Gasteiger partial charge < -0.3 is 10.4 Å². The van der Waals surface area contributed by atoms with Crippen LogP contribution in [0.3, 0.4) is 0 Å². The second-order valence-electron chi connectivity index (χ2n) is 3.39. The van der Waals surface area contributed by atoms with Gasteiger partial charge in [0.15, 0.2) is 0 Å². The summed E-state index contributed by atoms with van der Waals surface area (Å²) in [6.07, 6.45) is 1.57. The van der Waals surface area contributed by atoms with Crippen LogP contribution in [-0.2, 0) is 9.59 Å². The predicted octanol–water partition coefficient (Wildman–Crippen LogP) is 0.0820. The van der Waals surface area contributed by atoms with Crippen molar-refractivity contribution in [1.82, 2.24) is 10.2 Å². The lowest BCUT2D eigenvalue weighted by molar-refractivity contribution is -0.143. The highest BCUT2D eigenvalue weighted by molar-refractivity contribution is 5.82. The number of nitrogens with one attached hydrogen (secondary N) is 1. The van der Waals surface area contributed by atoms with Gasteiger partial charge in [-0.1, -0.05) is 6.08 Å². The minimum Gasteiger partial charge on any atom is -0.480 e. The standard InChI is InChI=1S/C10H18N2O3/c1-5-6-11-9(13)7(2)12(4)8(3)10(14)15/h5,7-8H,1,6H2,2-4H3,(H,11,13)(H,14,15). The summed E-state index contributed by atoms with van der Waals surface area (Å²) in [5.41, 5.74) is 0. The van der Waals surface area contributed by atoms with Gasteiger partial charge in [0.2, 0.25) is 5.91 Å². The molecule has 5 heteroatoms. The molecule has 0 saturated heterocycles. The number of likely N-dealkylation sites (N-methyl/N-ethyl adjacent to an activating group) is 1. The zero-order valence-electron chi connectivity index (χ0n) is 9.36. The zero-order valence-corrected chi connectivity index (χ0v) is 9.36. The van der Waals surface area contributed by atoms with Gasteiger partial charge in [-0.15, -0.1) is 6.58 Å². The van der Waals surface area contributed by atoms with E-state index in [9.17, 15) is 9.59 Å². The SMILES string of the molecule is C=CCNC(=O)C(C)N(C)C(C)C(=O)O. The minimum atomic E-state index is -0.944. The maximum atomic E-state index is 11.5. The quantitative estimate of drug-likeness (QED) is 0.614. The molecular formula is C10H18N2O3. The van der Waals surface area contributed by atoms with Gasteiger partial charge >= 0.3 is 5.97 Å². The van der Waals surface area contributed by atoms with Crippen LogP contribution in [0.25, 0.3) is 0 Å². The molecule has 2 N–H and O–H groups in total. The van der Waals surface area contributed by atoms with E-state index in [-0.39, 0.29) is 5.91 Å². The third-order valence-corrected chi connectivity index (χ3v) is 2.38. The number of amides is 1. The maximum absolute atomic E-state index is 11.5. The molecule has 0 radical (unpaired) electrons.